The smallest absolute Gasteiger partial charge is 0.258 e. The summed E-state index contributed by atoms with van der Waals surface area (Å²) >= 11 is 0. The number of nitrogens with zero attached hydrogens (tertiary/aromatic N) is 1. The Morgan fingerprint density at radius 2 is 2.18 bits per heavy atom. The van der Waals surface area contributed by atoms with E-state index in [1.54, 1.807) is 12.1 Å². The van der Waals surface area contributed by atoms with Crippen LogP contribution in [0, 0.1) is 5.82 Å². The molecule has 1 aromatic carbocycles. The summed E-state index contributed by atoms with van der Waals surface area (Å²) in [5, 5.41) is 11.7. The van der Waals surface area contributed by atoms with Crippen LogP contribution in [-0.4, -0.2) is 16.0 Å². The molecule has 0 saturated carbocycles. The lowest BCUT2D eigenvalue weighted by Crippen LogP contribution is -2.13. The molecule has 0 saturated heterocycles. The predicted molar refractivity (Wildman–Crippen MR) is 60.3 cm³/mol. The second kappa shape index (κ2) is 4.61. The number of phenolic OH excluding ortho intramolecular Hbond substituents is 1. The van der Waals surface area contributed by atoms with Crippen molar-refractivity contribution < 1.29 is 14.3 Å². The standard InChI is InChI=1S/C12H9FN2O2/c13-11-7-14-5-4-10(11)12(17)15-8-2-1-3-9(16)6-8/h1-7,16H,(H,15,17). The monoisotopic (exact) mass is 232 g/mol. The van der Waals surface area contributed by atoms with Gasteiger partial charge in [0.15, 0.2) is 5.82 Å². The zero-order valence-electron chi connectivity index (χ0n) is 8.72. The van der Waals surface area contributed by atoms with E-state index in [1.807, 2.05) is 0 Å². The predicted octanol–water partition coefficient (Wildman–Crippen LogP) is 2.18. The molecule has 0 unspecified atom stereocenters. The molecule has 0 aliphatic carbocycles. The van der Waals surface area contributed by atoms with Gasteiger partial charge >= 0.3 is 0 Å². The number of nitrogens with one attached hydrogen (secondary N) is 1. The van der Waals surface area contributed by atoms with Crippen molar-refractivity contribution in [3.05, 3.63) is 54.1 Å². The number of aromatic hydroxyl groups is 1. The maximum atomic E-state index is 13.2. The molecule has 0 spiro atoms. The molecule has 0 atom stereocenters. The first-order chi connectivity index (χ1) is 8.16. The number of halogens is 1. The zero-order valence-corrected chi connectivity index (χ0v) is 8.72. The van der Waals surface area contributed by atoms with Crippen molar-refractivity contribution in [1.29, 1.82) is 0 Å². The van der Waals surface area contributed by atoms with E-state index in [0.29, 0.717) is 5.69 Å². The quantitative estimate of drug-likeness (QED) is 0.834. The topological polar surface area (TPSA) is 62.2 Å². The van der Waals surface area contributed by atoms with Gasteiger partial charge in [0.25, 0.3) is 5.91 Å². The fraction of sp³-hybridized carbons (Fsp3) is 0. The summed E-state index contributed by atoms with van der Waals surface area (Å²) in [6.07, 6.45) is 2.30. The van der Waals surface area contributed by atoms with Crippen LogP contribution in [0.1, 0.15) is 10.4 Å². The Labute approximate surface area is 96.7 Å². The van der Waals surface area contributed by atoms with Gasteiger partial charge in [0, 0.05) is 18.0 Å². The number of anilines is 1. The van der Waals surface area contributed by atoms with Crippen molar-refractivity contribution in [2.24, 2.45) is 0 Å². The Kier molecular flexibility index (Phi) is 3.00. The minimum Gasteiger partial charge on any atom is -0.508 e. The molecule has 2 aromatic rings. The lowest BCUT2D eigenvalue weighted by Gasteiger charge is -2.05. The Bertz CT molecular complexity index is 558. The van der Waals surface area contributed by atoms with Crippen LogP contribution in [0.25, 0.3) is 0 Å². The normalized spacial score (nSPS) is 9.94. The molecule has 1 heterocycles. The lowest BCUT2D eigenvalue weighted by molar-refractivity contribution is 0.102. The Morgan fingerprint density at radius 1 is 1.35 bits per heavy atom. The van der Waals surface area contributed by atoms with Crippen molar-refractivity contribution in [3.8, 4) is 5.75 Å². The molecule has 0 radical (unpaired) electrons. The van der Waals surface area contributed by atoms with Crippen molar-refractivity contribution >= 4 is 11.6 Å². The minimum atomic E-state index is -0.690. The van der Waals surface area contributed by atoms with E-state index in [2.05, 4.69) is 10.3 Å². The van der Waals surface area contributed by atoms with Gasteiger partial charge < -0.3 is 10.4 Å². The number of carbonyl (C=O) groups is 1. The van der Waals surface area contributed by atoms with Gasteiger partial charge in [0.05, 0.1) is 11.8 Å². The number of pyridine rings is 1. The van der Waals surface area contributed by atoms with E-state index < -0.39 is 11.7 Å². The molecule has 4 nitrogen and oxygen atoms in total. The van der Waals surface area contributed by atoms with E-state index in [1.165, 1.54) is 24.4 Å². The van der Waals surface area contributed by atoms with Crippen LogP contribution in [0.3, 0.4) is 0 Å². The Balaban J connectivity index is 2.20. The maximum absolute atomic E-state index is 13.2. The van der Waals surface area contributed by atoms with Crippen LogP contribution in [0.2, 0.25) is 0 Å². The molecular weight excluding hydrogens is 223 g/mol. The average molecular weight is 232 g/mol. The summed E-state index contributed by atoms with van der Waals surface area (Å²) in [5.74, 6) is -1.25. The summed E-state index contributed by atoms with van der Waals surface area (Å²) in [7, 11) is 0. The number of aromatic nitrogens is 1. The molecule has 0 fully saturated rings. The van der Waals surface area contributed by atoms with Gasteiger partial charge in [-0.25, -0.2) is 4.39 Å². The number of benzene rings is 1. The Hall–Kier alpha value is -2.43. The lowest BCUT2D eigenvalue weighted by atomic mass is 10.2. The number of phenols is 1. The van der Waals surface area contributed by atoms with Crippen LogP contribution in [0.5, 0.6) is 5.75 Å². The van der Waals surface area contributed by atoms with Crippen LogP contribution in [0.4, 0.5) is 10.1 Å². The van der Waals surface area contributed by atoms with Crippen LogP contribution >= 0.6 is 0 Å². The molecule has 17 heavy (non-hydrogen) atoms. The first kappa shape index (κ1) is 11.1. The molecule has 0 aliphatic rings. The minimum absolute atomic E-state index is 0.0259. The van der Waals surface area contributed by atoms with Crippen LogP contribution < -0.4 is 5.32 Å². The third-order valence-electron chi connectivity index (χ3n) is 2.12. The third kappa shape index (κ3) is 2.57. The number of carbonyl (C=O) groups excluding carboxylic acids is 1. The summed E-state index contributed by atoms with van der Waals surface area (Å²) < 4.78 is 13.2. The highest BCUT2D eigenvalue weighted by Gasteiger charge is 2.11. The molecule has 2 N–H and O–H groups in total. The van der Waals surface area contributed by atoms with Gasteiger partial charge in [-0.1, -0.05) is 6.07 Å². The van der Waals surface area contributed by atoms with Crippen LogP contribution in [0.15, 0.2) is 42.7 Å². The number of hydrogen-bond donors (Lipinski definition) is 2. The van der Waals surface area contributed by atoms with Gasteiger partial charge in [0.2, 0.25) is 0 Å². The number of amides is 1. The fourth-order valence-electron chi connectivity index (χ4n) is 1.34. The summed E-state index contributed by atoms with van der Waals surface area (Å²) in [6.45, 7) is 0. The van der Waals surface area contributed by atoms with Crippen molar-refractivity contribution in [2.45, 2.75) is 0 Å². The van der Waals surface area contributed by atoms with Gasteiger partial charge in [-0.3, -0.25) is 9.78 Å². The third-order valence-corrected chi connectivity index (χ3v) is 2.12. The molecule has 86 valence electrons. The van der Waals surface area contributed by atoms with E-state index in [0.717, 1.165) is 6.20 Å². The summed E-state index contributed by atoms with van der Waals surface area (Å²) in [6, 6.07) is 7.30. The second-order valence-corrected chi connectivity index (χ2v) is 3.36. The summed E-state index contributed by atoms with van der Waals surface area (Å²) in [5.41, 5.74) is 0.301. The first-order valence-electron chi connectivity index (χ1n) is 4.87. The average Bonchev–Trinajstić information content (AvgIpc) is 2.29. The molecule has 5 heteroatoms. The van der Waals surface area contributed by atoms with Crippen molar-refractivity contribution in [1.82, 2.24) is 4.98 Å². The number of hydrogen-bond acceptors (Lipinski definition) is 3. The highest BCUT2D eigenvalue weighted by molar-refractivity contribution is 6.04. The first-order valence-corrected chi connectivity index (χ1v) is 4.87. The number of rotatable bonds is 2. The highest BCUT2D eigenvalue weighted by atomic mass is 19.1. The van der Waals surface area contributed by atoms with Crippen molar-refractivity contribution in [3.63, 3.8) is 0 Å². The molecule has 1 aromatic heterocycles. The molecule has 0 aliphatic heterocycles. The van der Waals surface area contributed by atoms with E-state index >= 15 is 0 Å². The van der Waals surface area contributed by atoms with E-state index in [9.17, 15) is 14.3 Å². The fourth-order valence-corrected chi connectivity index (χ4v) is 1.34. The largest absolute Gasteiger partial charge is 0.508 e. The van der Waals surface area contributed by atoms with Crippen molar-refractivity contribution in [2.75, 3.05) is 5.32 Å². The zero-order chi connectivity index (χ0) is 12.3. The van der Waals surface area contributed by atoms with Crippen LogP contribution in [-0.2, 0) is 0 Å². The SMILES string of the molecule is O=C(Nc1cccc(O)c1)c1ccncc1F. The Morgan fingerprint density at radius 3 is 2.88 bits per heavy atom. The van der Waals surface area contributed by atoms with Gasteiger partial charge in [-0.15, -0.1) is 0 Å². The van der Waals surface area contributed by atoms with Gasteiger partial charge in [-0.05, 0) is 18.2 Å². The molecule has 1 amide bonds. The molecule has 2 rings (SSSR count). The van der Waals surface area contributed by atoms with E-state index in [-0.39, 0.29) is 11.3 Å². The second-order valence-electron chi connectivity index (χ2n) is 3.36. The highest BCUT2D eigenvalue weighted by Crippen LogP contribution is 2.16. The summed E-state index contributed by atoms with van der Waals surface area (Å²) in [4.78, 5) is 15.2. The van der Waals surface area contributed by atoms with Gasteiger partial charge in [-0.2, -0.15) is 0 Å². The van der Waals surface area contributed by atoms with Gasteiger partial charge in [0.1, 0.15) is 5.75 Å². The van der Waals surface area contributed by atoms with E-state index in [4.69, 9.17) is 0 Å². The molecular formula is C12H9FN2O2. The maximum Gasteiger partial charge on any atom is 0.258 e. The molecule has 0 bridgehead atoms.